The van der Waals surface area contributed by atoms with Gasteiger partial charge in [-0.25, -0.2) is 4.68 Å². The van der Waals surface area contributed by atoms with Gasteiger partial charge < -0.3 is 15.1 Å². The van der Waals surface area contributed by atoms with Crippen LogP contribution in [0.4, 0.5) is 19.0 Å². The Labute approximate surface area is 183 Å². The first-order valence-electron chi connectivity index (χ1n) is 11.5. The van der Waals surface area contributed by atoms with Gasteiger partial charge in [-0.15, -0.1) is 0 Å². The molecule has 7 rings (SSSR count). The summed E-state index contributed by atoms with van der Waals surface area (Å²) in [6.07, 6.45) is 4.13. The van der Waals surface area contributed by atoms with Crippen molar-refractivity contribution < 1.29 is 22.4 Å². The highest BCUT2D eigenvalue weighted by Crippen LogP contribution is 2.59. The number of nitrogens with one attached hydrogen (secondary N) is 2. The van der Waals surface area contributed by atoms with E-state index in [9.17, 15) is 18.0 Å². The minimum atomic E-state index is -4.49. The first kappa shape index (κ1) is 20.2. The van der Waals surface area contributed by atoms with Crippen LogP contribution in [-0.2, 0) is 0 Å². The Balaban J connectivity index is 1.20. The number of halogens is 3. The van der Waals surface area contributed by atoms with E-state index in [2.05, 4.69) is 15.7 Å². The Bertz CT molecular complexity index is 978. The van der Waals surface area contributed by atoms with E-state index in [4.69, 9.17) is 4.42 Å². The number of nitrogens with zero attached hydrogens (tertiary/aromatic N) is 2. The largest absolute Gasteiger partial charge is 0.467 e. The molecule has 0 spiro atoms. The second-order valence-corrected chi connectivity index (χ2v) is 10.5. The summed E-state index contributed by atoms with van der Waals surface area (Å²) in [5.41, 5.74) is 0.174. The van der Waals surface area contributed by atoms with Crippen molar-refractivity contribution in [2.75, 3.05) is 11.9 Å². The quantitative estimate of drug-likeness (QED) is 0.684. The molecule has 0 radical (unpaired) electrons. The second kappa shape index (κ2) is 7.02. The van der Waals surface area contributed by atoms with Gasteiger partial charge in [-0.3, -0.25) is 4.79 Å². The van der Waals surface area contributed by atoms with Gasteiger partial charge in [0.15, 0.2) is 11.7 Å². The number of amides is 1. The molecule has 4 bridgehead atoms. The van der Waals surface area contributed by atoms with Gasteiger partial charge in [-0.05, 0) is 73.8 Å². The van der Waals surface area contributed by atoms with Crippen LogP contribution in [0.5, 0.6) is 0 Å². The van der Waals surface area contributed by atoms with Crippen molar-refractivity contribution in [1.82, 2.24) is 15.1 Å². The summed E-state index contributed by atoms with van der Waals surface area (Å²) in [4.78, 5) is 12.9. The maximum atomic E-state index is 13.8. The molecule has 9 heteroatoms. The van der Waals surface area contributed by atoms with E-state index >= 15 is 0 Å². The second-order valence-electron chi connectivity index (χ2n) is 10.5. The van der Waals surface area contributed by atoms with Crippen LogP contribution < -0.4 is 10.6 Å². The molecule has 4 aliphatic carbocycles. The number of fused-ring (bicyclic) bond motifs is 1. The van der Waals surface area contributed by atoms with E-state index < -0.39 is 24.2 Å². The molecule has 1 aliphatic heterocycles. The fourth-order valence-corrected chi connectivity index (χ4v) is 7.23. The Morgan fingerprint density at radius 3 is 2.47 bits per heavy atom. The molecule has 2 aromatic rings. The highest BCUT2D eigenvalue weighted by molar-refractivity contribution is 5.93. The third kappa shape index (κ3) is 3.40. The summed E-state index contributed by atoms with van der Waals surface area (Å²) >= 11 is 0. The van der Waals surface area contributed by atoms with Crippen LogP contribution in [-0.4, -0.2) is 28.4 Å². The maximum Gasteiger partial charge on any atom is 0.410 e. The van der Waals surface area contributed by atoms with E-state index in [-0.39, 0.29) is 23.3 Å². The smallest absolute Gasteiger partial charge is 0.410 e. The zero-order valence-corrected chi connectivity index (χ0v) is 17.7. The number of anilines is 1. The van der Waals surface area contributed by atoms with Crippen LogP contribution in [0.3, 0.4) is 0 Å². The number of hydrogen-bond acceptors (Lipinski definition) is 4. The Hall–Kier alpha value is -2.45. The molecule has 32 heavy (non-hydrogen) atoms. The monoisotopic (exact) mass is 448 g/mol. The van der Waals surface area contributed by atoms with Gasteiger partial charge in [0, 0.05) is 19.0 Å². The minimum Gasteiger partial charge on any atom is -0.467 e. The molecule has 5 aliphatic rings. The molecule has 4 saturated carbocycles. The molecule has 3 heterocycles. The first-order valence-corrected chi connectivity index (χ1v) is 11.5. The molecular formula is C23H27F3N4O2. The van der Waals surface area contributed by atoms with Gasteiger partial charge in [-0.1, -0.05) is 0 Å². The van der Waals surface area contributed by atoms with Gasteiger partial charge in [-0.2, -0.15) is 18.3 Å². The van der Waals surface area contributed by atoms with Crippen molar-refractivity contribution in [2.45, 2.75) is 63.2 Å². The lowest BCUT2D eigenvalue weighted by Crippen LogP contribution is -2.51. The summed E-state index contributed by atoms with van der Waals surface area (Å²) in [5.74, 6) is 2.52. The number of aromatic nitrogens is 2. The molecular weight excluding hydrogens is 421 g/mol. The van der Waals surface area contributed by atoms with E-state index in [1.54, 1.807) is 12.1 Å². The fourth-order valence-electron chi connectivity index (χ4n) is 7.23. The van der Waals surface area contributed by atoms with Crippen LogP contribution in [0.25, 0.3) is 0 Å². The summed E-state index contributed by atoms with van der Waals surface area (Å²) in [6, 6.07) is 2.26. The maximum absolute atomic E-state index is 13.8. The van der Waals surface area contributed by atoms with E-state index in [0.717, 1.165) is 41.7 Å². The average molecular weight is 448 g/mol. The SMILES string of the molecule is O=C(NCC12CC3CC(CC(C3)C1)C2)c1cc2n(n1)C(C(F)(F)F)CC(c1ccco1)N2. The van der Waals surface area contributed by atoms with E-state index in [0.29, 0.717) is 12.3 Å². The van der Waals surface area contributed by atoms with Crippen LogP contribution in [0, 0.1) is 23.2 Å². The van der Waals surface area contributed by atoms with Gasteiger partial charge in [0.25, 0.3) is 5.91 Å². The lowest BCUT2D eigenvalue weighted by molar-refractivity contribution is -0.174. The van der Waals surface area contributed by atoms with E-state index in [1.807, 2.05) is 0 Å². The molecule has 2 N–H and O–H groups in total. The summed E-state index contributed by atoms with van der Waals surface area (Å²) in [7, 11) is 0. The number of alkyl halides is 3. The van der Waals surface area contributed by atoms with Crippen molar-refractivity contribution in [2.24, 2.45) is 23.2 Å². The predicted molar refractivity (Wildman–Crippen MR) is 110 cm³/mol. The zero-order valence-electron chi connectivity index (χ0n) is 17.7. The molecule has 2 unspecified atom stereocenters. The predicted octanol–water partition coefficient (Wildman–Crippen LogP) is 5.08. The molecule has 1 amide bonds. The van der Waals surface area contributed by atoms with Crippen LogP contribution in [0.2, 0.25) is 0 Å². The Morgan fingerprint density at radius 1 is 1.19 bits per heavy atom. The zero-order chi connectivity index (χ0) is 22.1. The van der Waals surface area contributed by atoms with Crippen molar-refractivity contribution in [3.05, 3.63) is 35.9 Å². The van der Waals surface area contributed by atoms with Crippen LogP contribution in [0.15, 0.2) is 28.9 Å². The standard InChI is InChI=1S/C23H27F3N4O2/c24-23(25,26)19-7-16(18-2-1-3-32-18)28-20-8-17(29-30(19)20)21(31)27-12-22-9-13-4-14(10-22)6-15(5-13)11-22/h1-3,8,13-16,19,28H,4-7,9-12H2,(H,27,31). The molecule has 2 atom stereocenters. The first-order chi connectivity index (χ1) is 15.3. The van der Waals surface area contributed by atoms with Gasteiger partial charge in [0.05, 0.1) is 12.3 Å². The molecule has 2 aromatic heterocycles. The lowest BCUT2D eigenvalue weighted by Gasteiger charge is -2.56. The molecule has 4 fully saturated rings. The lowest BCUT2D eigenvalue weighted by atomic mass is 9.49. The van der Waals surface area contributed by atoms with Gasteiger partial charge in [0.1, 0.15) is 11.6 Å². The van der Waals surface area contributed by atoms with Gasteiger partial charge >= 0.3 is 6.18 Å². The van der Waals surface area contributed by atoms with E-state index in [1.165, 1.54) is 31.6 Å². The highest BCUT2D eigenvalue weighted by Gasteiger charge is 2.51. The molecule has 0 aromatic carbocycles. The molecule has 0 saturated heterocycles. The van der Waals surface area contributed by atoms with Gasteiger partial charge in [0.2, 0.25) is 0 Å². The highest BCUT2D eigenvalue weighted by atomic mass is 19.4. The molecule has 6 nitrogen and oxygen atoms in total. The summed E-state index contributed by atoms with van der Waals surface area (Å²) in [6.45, 7) is 0.586. The summed E-state index contributed by atoms with van der Waals surface area (Å²) < 4.78 is 47.6. The topological polar surface area (TPSA) is 72.1 Å². The third-order valence-electron chi connectivity index (χ3n) is 8.10. The summed E-state index contributed by atoms with van der Waals surface area (Å²) in [5, 5.41) is 10.1. The van der Waals surface area contributed by atoms with Crippen molar-refractivity contribution in [3.63, 3.8) is 0 Å². The van der Waals surface area contributed by atoms with Crippen LogP contribution in [0.1, 0.15) is 73.3 Å². The number of carbonyl (C=O) groups excluding carboxylic acids is 1. The number of rotatable bonds is 4. The number of carbonyl (C=O) groups is 1. The number of furan rings is 1. The number of hydrogen-bond donors (Lipinski definition) is 2. The van der Waals surface area contributed by atoms with Crippen LogP contribution >= 0.6 is 0 Å². The van der Waals surface area contributed by atoms with Crippen molar-refractivity contribution in [3.8, 4) is 0 Å². The van der Waals surface area contributed by atoms with Crippen molar-refractivity contribution in [1.29, 1.82) is 0 Å². The average Bonchev–Trinajstić information content (AvgIpc) is 3.39. The Kier molecular flexibility index (Phi) is 4.43. The minimum absolute atomic E-state index is 0.0200. The molecule has 172 valence electrons. The Morgan fingerprint density at radius 2 is 1.88 bits per heavy atom. The third-order valence-corrected chi connectivity index (χ3v) is 8.10. The fraction of sp³-hybridized carbons (Fsp3) is 0.652. The normalized spacial score (nSPS) is 35.4. The van der Waals surface area contributed by atoms with Crippen molar-refractivity contribution >= 4 is 11.7 Å².